The van der Waals surface area contributed by atoms with Crippen molar-refractivity contribution >= 4 is 22.6 Å². The van der Waals surface area contributed by atoms with Gasteiger partial charge in [0.15, 0.2) is 11.4 Å². The third kappa shape index (κ3) is 2.25. The number of nitrogens with one attached hydrogen (secondary N) is 1. The van der Waals surface area contributed by atoms with Gasteiger partial charge >= 0.3 is 0 Å². The van der Waals surface area contributed by atoms with E-state index >= 15 is 0 Å². The maximum atomic E-state index is 13.9. The molecule has 1 aromatic carbocycles. The molecule has 0 fully saturated rings. The highest BCUT2D eigenvalue weighted by atomic mass is 35.5. The molecule has 2 aromatic rings. The van der Waals surface area contributed by atoms with Gasteiger partial charge in [0.2, 0.25) is 0 Å². The van der Waals surface area contributed by atoms with Crippen molar-refractivity contribution in [3.05, 3.63) is 34.3 Å². The van der Waals surface area contributed by atoms with Gasteiger partial charge in [-0.05, 0) is 24.6 Å². The second-order valence-corrected chi connectivity index (χ2v) is 5.02. The molecule has 4 heteroatoms. The van der Waals surface area contributed by atoms with Crippen LogP contribution in [0, 0.1) is 5.82 Å². The first-order valence-corrected chi connectivity index (χ1v) is 6.54. The highest BCUT2D eigenvalue weighted by molar-refractivity contribution is 6.31. The Labute approximate surface area is 111 Å². The smallest absolute Gasteiger partial charge is 0.184 e. The van der Waals surface area contributed by atoms with Crippen molar-refractivity contribution in [3.8, 4) is 0 Å². The molecule has 1 aromatic heterocycles. The zero-order valence-electron chi connectivity index (χ0n) is 10.8. The number of hydrogen-bond donors (Lipinski definition) is 1. The van der Waals surface area contributed by atoms with Crippen molar-refractivity contribution in [2.24, 2.45) is 0 Å². The molecule has 0 amide bonds. The van der Waals surface area contributed by atoms with Crippen LogP contribution >= 0.6 is 11.6 Å². The molecule has 18 heavy (non-hydrogen) atoms. The Hall–Kier alpha value is -1.06. The number of halogens is 2. The van der Waals surface area contributed by atoms with Crippen LogP contribution in [0.2, 0.25) is 5.02 Å². The summed E-state index contributed by atoms with van der Waals surface area (Å²) in [7, 11) is 0. The Balaban J connectivity index is 2.63. The number of hydrogen-bond acceptors (Lipinski definition) is 2. The summed E-state index contributed by atoms with van der Waals surface area (Å²) in [5.74, 6) is 0.599. The fourth-order valence-corrected chi connectivity index (χ4v) is 2.32. The molecular weight excluding hydrogens is 253 g/mol. The van der Waals surface area contributed by atoms with Crippen molar-refractivity contribution in [1.82, 2.24) is 5.32 Å². The van der Waals surface area contributed by atoms with E-state index in [9.17, 15) is 4.39 Å². The number of furan rings is 1. The Morgan fingerprint density at radius 3 is 2.72 bits per heavy atom. The SMILES string of the molecule is CCNCc1oc2c(F)c(Cl)ccc2c1C(C)C. The lowest BCUT2D eigenvalue weighted by Gasteiger charge is -2.06. The van der Waals surface area contributed by atoms with E-state index in [1.807, 2.05) is 13.0 Å². The van der Waals surface area contributed by atoms with Crippen LogP contribution in [0.4, 0.5) is 4.39 Å². The van der Waals surface area contributed by atoms with Crippen LogP contribution in [-0.2, 0) is 6.54 Å². The molecular formula is C14H17ClFNO. The minimum Gasteiger partial charge on any atom is -0.456 e. The van der Waals surface area contributed by atoms with Gasteiger partial charge in [0.25, 0.3) is 0 Å². The van der Waals surface area contributed by atoms with E-state index in [0.717, 1.165) is 23.3 Å². The van der Waals surface area contributed by atoms with E-state index in [4.69, 9.17) is 16.0 Å². The topological polar surface area (TPSA) is 25.2 Å². The van der Waals surface area contributed by atoms with Crippen LogP contribution in [0.1, 0.15) is 38.0 Å². The van der Waals surface area contributed by atoms with Gasteiger partial charge in [0.05, 0.1) is 11.6 Å². The second kappa shape index (κ2) is 5.29. The molecule has 0 aliphatic carbocycles. The summed E-state index contributed by atoms with van der Waals surface area (Å²) in [5, 5.41) is 4.12. The third-order valence-corrected chi connectivity index (χ3v) is 3.27. The standard InChI is InChI=1S/C14H17ClFNO/c1-4-17-7-11-12(8(2)3)9-5-6-10(15)13(16)14(9)18-11/h5-6,8,17H,4,7H2,1-3H3. The van der Waals surface area contributed by atoms with Crippen LogP contribution in [-0.4, -0.2) is 6.54 Å². The van der Waals surface area contributed by atoms with Crippen molar-refractivity contribution in [3.63, 3.8) is 0 Å². The normalized spacial score (nSPS) is 11.7. The molecule has 0 saturated carbocycles. The van der Waals surface area contributed by atoms with Crippen LogP contribution < -0.4 is 5.32 Å². The Morgan fingerprint density at radius 1 is 1.39 bits per heavy atom. The Bertz CT molecular complexity index is 562. The summed E-state index contributed by atoms with van der Waals surface area (Å²) in [6, 6.07) is 3.41. The lowest BCUT2D eigenvalue weighted by Crippen LogP contribution is -2.12. The molecule has 1 heterocycles. The second-order valence-electron chi connectivity index (χ2n) is 4.61. The van der Waals surface area contributed by atoms with E-state index in [-0.39, 0.29) is 16.5 Å². The zero-order chi connectivity index (χ0) is 13.3. The molecule has 0 unspecified atom stereocenters. The molecule has 98 valence electrons. The summed E-state index contributed by atoms with van der Waals surface area (Å²) in [4.78, 5) is 0. The van der Waals surface area contributed by atoms with Crippen molar-refractivity contribution in [1.29, 1.82) is 0 Å². The third-order valence-electron chi connectivity index (χ3n) is 2.98. The molecule has 1 N–H and O–H groups in total. The van der Waals surface area contributed by atoms with Gasteiger partial charge in [-0.3, -0.25) is 0 Å². The minimum atomic E-state index is -0.473. The Kier molecular flexibility index (Phi) is 3.93. The number of rotatable bonds is 4. The number of benzene rings is 1. The molecule has 0 aliphatic rings. The first-order valence-electron chi connectivity index (χ1n) is 6.16. The summed E-state index contributed by atoms with van der Waals surface area (Å²) in [6.07, 6.45) is 0. The van der Waals surface area contributed by atoms with E-state index < -0.39 is 5.82 Å². The van der Waals surface area contributed by atoms with E-state index in [1.165, 1.54) is 0 Å². The van der Waals surface area contributed by atoms with Gasteiger partial charge in [-0.25, -0.2) is 4.39 Å². The quantitative estimate of drug-likeness (QED) is 0.887. The molecule has 0 aliphatic heterocycles. The van der Waals surface area contributed by atoms with Gasteiger partial charge < -0.3 is 9.73 Å². The van der Waals surface area contributed by atoms with E-state index in [2.05, 4.69) is 19.2 Å². The van der Waals surface area contributed by atoms with Crippen molar-refractivity contribution in [2.75, 3.05) is 6.54 Å². The van der Waals surface area contributed by atoms with Crippen molar-refractivity contribution in [2.45, 2.75) is 33.2 Å². The highest BCUT2D eigenvalue weighted by Crippen LogP contribution is 2.35. The van der Waals surface area contributed by atoms with Crippen LogP contribution in [0.15, 0.2) is 16.5 Å². The van der Waals surface area contributed by atoms with Crippen LogP contribution in [0.5, 0.6) is 0 Å². The minimum absolute atomic E-state index is 0.0987. The zero-order valence-corrected chi connectivity index (χ0v) is 11.6. The predicted octanol–water partition coefficient (Wildman–Crippen LogP) is 4.46. The molecule has 2 nitrogen and oxygen atoms in total. The monoisotopic (exact) mass is 269 g/mol. The first kappa shape index (κ1) is 13.4. The fraction of sp³-hybridized carbons (Fsp3) is 0.429. The number of fused-ring (bicyclic) bond motifs is 1. The van der Waals surface area contributed by atoms with E-state index in [1.54, 1.807) is 6.07 Å². The summed E-state index contributed by atoms with van der Waals surface area (Å²) in [6.45, 7) is 7.63. The first-order chi connectivity index (χ1) is 8.56. The summed E-state index contributed by atoms with van der Waals surface area (Å²) >= 11 is 5.78. The van der Waals surface area contributed by atoms with Gasteiger partial charge in [0, 0.05) is 10.9 Å². The van der Waals surface area contributed by atoms with Crippen molar-refractivity contribution < 1.29 is 8.81 Å². The van der Waals surface area contributed by atoms with E-state index in [0.29, 0.717) is 6.54 Å². The average molecular weight is 270 g/mol. The molecule has 2 rings (SSSR count). The molecule has 0 spiro atoms. The van der Waals surface area contributed by atoms with Gasteiger partial charge in [-0.1, -0.05) is 32.4 Å². The highest BCUT2D eigenvalue weighted by Gasteiger charge is 2.20. The molecule has 0 saturated heterocycles. The van der Waals surface area contributed by atoms with Gasteiger partial charge in [-0.2, -0.15) is 0 Å². The van der Waals surface area contributed by atoms with Crippen LogP contribution in [0.25, 0.3) is 11.0 Å². The van der Waals surface area contributed by atoms with Gasteiger partial charge in [0.1, 0.15) is 5.76 Å². The predicted molar refractivity (Wildman–Crippen MR) is 72.7 cm³/mol. The summed E-state index contributed by atoms with van der Waals surface area (Å²) in [5.41, 5.74) is 1.32. The van der Waals surface area contributed by atoms with Gasteiger partial charge in [-0.15, -0.1) is 0 Å². The average Bonchev–Trinajstić information content (AvgIpc) is 2.70. The maximum Gasteiger partial charge on any atom is 0.184 e. The largest absolute Gasteiger partial charge is 0.456 e. The Morgan fingerprint density at radius 2 is 2.11 bits per heavy atom. The molecule has 0 bridgehead atoms. The molecule has 0 atom stereocenters. The summed E-state index contributed by atoms with van der Waals surface area (Å²) < 4.78 is 19.6. The lowest BCUT2D eigenvalue weighted by atomic mass is 9.99. The maximum absolute atomic E-state index is 13.9. The van der Waals surface area contributed by atoms with Crippen LogP contribution in [0.3, 0.4) is 0 Å². The lowest BCUT2D eigenvalue weighted by molar-refractivity contribution is 0.492. The fourth-order valence-electron chi connectivity index (χ4n) is 2.18. The molecule has 0 radical (unpaired) electrons.